The van der Waals surface area contributed by atoms with Crippen molar-refractivity contribution in [2.45, 2.75) is 19.5 Å². The van der Waals surface area contributed by atoms with Gasteiger partial charge in [-0.25, -0.2) is 0 Å². The number of hydrogen-bond donors (Lipinski definition) is 2. The third-order valence-electron chi connectivity index (χ3n) is 2.68. The molecule has 0 heterocycles. The lowest BCUT2D eigenvalue weighted by atomic mass is 10.2. The molecule has 90 valence electrons. The van der Waals surface area contributed by atoms with Crippen LogP contribution in [-0.2, 0) is 6.54 Å². The van der Waals surface area contributed by atoms with Crippen molar-refractivity contribution >= 4 is 11.6 Å². The van der Waals surface area contributed by atoms with Gasteiger partial charge in [0, 0.05) is 29.7 Å². The Hall–Kier alpha value is -0.770. The molecule has 4 heteroatoms. The average molecular weight is 243 g/mol. The van der Waals surface area contributed by atoms with E-state index in [4.69, 9.17) is 11.6 Å². The van der Waals surface area contributed by atoms with E-state index >= 15 is 0 Å². The fraction of sp³-hybridized carbons (Fsp3) is 0.500. The van der Waals surface area contributed by atoms with Crippen LogP contribution in [0.5, 0.6) is 5.75 Å². The lowest BCUT2D eigenvalue weighted by Crippen LogP contribution is -2.35. The second-order valence-corrected chi connectivity index (χ2v) is 4.65. The molecule has 0 aromatic heterocycles. The molecular weight excluding hydrogens is 224 g/mol. The topological polar surface area (TPSA) is 35.5 Å². The quantitative estimate of drug-likeness (QED) is 0.830. The molecule has 1 aromatic carbocycles. The summed E-state index contributed by atoms with van der Waals surface area (Å²) < 4.78 is 0. The van der Waals surface area contributed by atoms with Gasteiger partial charge in [0.25, 0.3) is 0 Å². The van der Waals surface area contributed by atoms with Crippen LogP contribution in [0.15, 0.2) is 18.2 Å². The second-order valence-electron chi connectivity index (χ2n) is 4.22. The van der Waals surface area contributed by atoms with Crippen molar-refractivity contribution in [1.82, 2.24) is 10.2 Å². The Bertz CT molecular complexity index is 342. The first-order chi connectivity index (χ1) is 7.50. The SMILES string of the molecule is CC(CNCc1cc(Cl)ccc1O)N(C)C. The van der Waals surface area contributed by atoms with Crippen molar-refractivity contribution < 1.29 is 5.11 Å². The molecule has 1 rings (SSSR count). The Morgan fingerprint density at radius 1 is 1.44 bits per heavy atom. The van der Waals surface area contributed by atoms with Gasteiger partial charge in [0.2, 0.25) is 0 Å². The number of halogens is 1. The minimum atomic E-state index is 0.286. The molecule has 0 aliphatic rings. The molecule has 0 radical (unpaired) electrons. The summed E-state index contributed by atoms with van der Waals surface area (Å²) in [5.41, 5.74) is 0.832. The van der Waals surface area contributed by atoms with E-state index in [1.165, 1.54) is 0 Å². The van der Waals surface area contributed by atoms with Crippen molar-refractivity contribution in [2.75, 3.05) is 20.6 Å². The smallest absolute Gasteiger partial charge is 0.120 e. The number of hydrogen-bond acceptors (Lipinski definition) is 3. The molecule has 1 aromatic rings. The van der Waals surface area contributed by atoms with E-state index in [1.807, 2.05) is 14.1 Å². The zero-order chi connectivity index (χ0) is 12.1. The zero-order valence-electron chi connectivity index (χ0n) is 10.00. The summed E-state index contributed by atoms with van der Waals surface area (Å²) in [7, 11) is 4.09. The highest BCUT2D eigenvalue weighted by Gasteiger charge is 2.05. The van der Waals surface area contributed by atoms with Gasteiger partial charge in [0.1, 0.15) is 5.75 Å². The van der Waals surface area contributed by atoms with E-state index in [2.05, 4.69) is 17.1 Å². The predicted molar refractivity (Wildman–Crippen MR) is 68.0 cm³/mol. The zero-order valence-corrected chi connectivity index (χ0v) is 10.8. The molecule has 0 saturated carbocycles. The summed E-state index contributed by atoms with van der Waals surface area (Å²) in [6.07, 6.45) is 0. The van der Waals surface area contributed by atoms with Gasteiger partial charge in [-0.05, 0) is 39.2 Å². The summed E-state index contributed by atoms with van der Waals surface area (Å²) in [6, 6.07) is 5.54. The maximum Gasteiger partial charge on any atom is 0.120 e. The maximum atomic E-state index is 9.60. The number of phenols is 1. The molecule has 1 atom stereocenters. The largest absolute Gasteiger partial charge is 0.508 e. The van der Waals surface area contributed by atoms with Gasteiger partial charge in [0.05, 0.1) is 0 Å². The molecule has 0 bridgehead atoms. The van der Waals surface area contributed by atoms with Gasteiger partial charge in [0.15, 0.2) is 0 Å². The van der Waals surface area contributed by atoms with Crippen molar-refractivity contribution in [3.8, 4) is 5.75 Å². The van der Waals surface area contributed by atoms with Crippen LogP contribution in [0.4, 0.5) is 0 Å². The Kier molecular flexibility index (Phi) is 5.06. The van der Waals surface area contributed by atoms with Gasteiger partial charge in [-0.3, -0.25) is 0 Å². The van der Waals surface area contributed by atoms with Gasteiger partial charge < -0.3 is 15.3 Å². The molecule has 0 spiro atoms. The third-order valence-corrected chi connectivity index (χ3v) is 2.91. The molecule has 0 saturated heterocycles. The van der Waals surface area contributed by atoms with Crippen molar-refractivity contribution in [1.29, 1.82) is 0 Å². The monoisotopic (exact) mass is 242 g/mol. The summed E-state index contributed by atoms with van der Waals surface area (Å²) >= 11 is 5.86. The number of likely N-dealkylation sites (N-methyl/N-ethyl adjacent to an activating group) is 1. The Labute approximate surface area is 102 Å². The fourth-order valence-electron chi connectivity index (χ4n) is 1.29. The lowest BCUT2D eigenvalue weighted by Gasteiger charge is -2.20. The van der Waals surface area contributed by atoms with E-state index in [9.17, 15) is 5.11 Å². The first kappa shape index (κ1) is 13.3. The summed E-state index contributed by atoms with van der Waals surface area (Å²) in [6.45, 7) is 3.65. The molecular formula is C12H19ClN2O. The van der Waals surface area contributed by atoms with Crippen LogP contribution >= 0.6 is 11.6 Å². The number of benzene rings is 1. The third kappa shape index (κ3) is 4.00. The van der Waals surface area contributed by atoms with Crippen molar-refractivity contribution in [3.05, 3.63) is 28.8 Å². The highest BCUT2D eigenvalue weighted by Crippen LogP contribution is 2.20. The van der Waals surface area contributed by atoms with Crippen LogP contribution in [0, 0.1) is 0 Å². The summed E-state index contributed by atoms with van der Waals surface area (Å²) in [5.74, 6) is 0.286. The number of phenolic OH excluding ortho intramolecular Hbond substituents is 1. The molecule has 0 fully saturated rings. The second kappa shape index (κ2) is 6.09. The van der Waals surface area contributed by atoms with Crippen LogP contribution in [0.2, 0.25) is 5.02 Å². The molecule has 0 aliphatic heterocycles. The molecule has 0 aliphatic carbocycles. The molecule has 16 heavy (non-hydrogen) atoms. The fourth-order valence-corrected chi connectivity index (χ4v) is 1.49. The van der Waals surface area contributed by atoms with Gasteiger partial charge in [-0.2, -0.15) is 0 Å². The van der Waals surface area contributed by atoms with Crippen molar-refractivity contribution in [3.63, 3.8) is 0 Å². The first-order valence-electron chi connectivity index (χ1n) is 5.35. The standard InChI is InChI=1S/C12H19ClN2O/c1-9(15(2)3)7-14-8-10-6-11(13)4-5-12(10)16/h4-6,9,14,16H,7-8H2,1-3H3. The average Bonchev–Trinajstić information content (AvgIpc) is 2.22. The van der Waals surface area contributed by atoms with Gasteiger partial charge in [-0.15, -0.1) is 0 Å². The summed E-state index contributed by atoms with van der Waals surface area (Å²) in [5, 5.41) is 13.5. The van der Waals surface area contributed by atoms with Crippen molar-refractivity contribution in [2.24, 2.45) is 0 Å². The molecule has 1 unspecified atom stereocenters. The highest BCUT2D eigenvalue weighted by molar-refractivity contribution is 6.30. The Morgan fingerprint density at radius 2 is 2.12 bits per heavy atom. The number of aromatic hydroxyl groups is 1. The number of nitrogens with one attached hydrogen (secondary N) is 1. The van der Waals surface area contributed by atoms with Crippen LogP contribution < -0.4 is 5.32 Å². The highest BCUT2D eigenvalue weighted by atomic mass is 35.5. The summed E-state index contributed by atoms with van der Waals surface area (Å²) in [4.78, 5) is 2.14. The lowest BCUT2D eigenvalue weighted by molar-refractivity contribution is 0.302. The van der Waals surface area contributed by atoms with E-state index in [-0.39, 0.29) is 5.75 Å². The van der Waals surface area contributed by atoms with Crippen LogP contribution in [0.3, 0.4) is 0 Å². The van der Waals surface area contributed by atoms with E-state index < -0.39 is 0 Å². The van der Waals surface area contributed by atoms with Gasteiger partial charge >= 0.3 is 0 Å². The van der Waals surface area contributed by atoms with E-state index in [0.29, 0.717) is 17.6 Å². The normalized spacial score (nSPS) is 13.1. The first-order valence-corrected chi connectivity index (χ1v) is 5.73. The molecule has 0 amide bonds. The van der Waals surface area contributed by atoms with Gasteiger partial charge in [-0.1, -0.05) is 11.6 Å². The Morgan fingerprint density at radius 3 is 2.75 bits per heavy atom. The van der Waals surface area contributed by atoms with Crippen LogP contribution in [0.1, 0.15) is 12.5 Å². The van der Waals surface area contributed by atoms with E-state index in [0.717, 1.165) is 12.1 Å². The number of nitrogens with zero attached hydrogens (tertiary/aromatic N) is 1. The predicted octanol–water partition coefficient (Wildman–Crippen LogP) is 2.09. The van der Waals surface area contributed by atoms with E-state index in [1.54, 1.807) is 18.2 Å². The minimum absolute atomic E-state index is 0.286. The molecule has 3 nitrogen and oxygen atoms in total. The van der Waals surface area contributed by atoms with Crippen LogP contribution in [0.25, 0.3) is 0 Å². The molecule has 2 N–H and O–H groups in total. The number of rotatable bonds is 5. The Balaban J connectivity index is 2.45. The minimum Gasteiger partial charge on any atom is -0.508 e. The van der Waals surface area contributed by atoms with Crippen LogP contribution in [-0.4, -0.2) is 36.7 Å². The maximum absolute atomic E-state index is 9.60.